The highest BCUT2D eigenvalue weighted by molar-refractivity contribution is 9.10. The van der Waals surface area contributed by atoms with Gasteiger partial charge in [-0.3, -0.25) is 9.78 Å². The van der Waals surface area contributed by atoms with E-state index in [9.17, 15) is 4.79 Å². The molecule has 0 aliphatic carbocycles. The number of nitrogens with zero attached hydrogens (tertiary/aromatic N) is 3. The zero-order valence-corrected chi connectivity index (χ0v) is 13.3. The third-order valence-corrected chi connectivity index (χ3v) is 3.37. The van der Waals surface area contributed by atoms with E-state index in [2.05, 4.69) is 25.9 Å². The standard InChI is InChI=1S/C15H16BrN3O2/c1-21-9-8-19(11-13-4-2-3-7-17-13)15(20)12-5-6-14(16)18-10-12/h2-7,10H,8-9,11H2,1H3. The van der Waals surface area contributed by atoms with Crippen molar-refractivity contribution in [1.29, 1.82) is 0 Å². The van der Waals surface area contributed by atoms with Gasteiger partial charge in [0.15, 0.2) is 0 Å². The second kappa shape index (κ2) is 7.85. The number of rotatable bonds is 6. The lowest BCUT2D eigenvalue weighted by Crippen LogP contribution is -2.33. The number of methoxy groups -OCH3 is 1. The van der Waals surface area contributed by atoms with Crippen LogP contribution in [0.3, 0.4) is 0 Å². The maximum absolute atomic E-state index is 12.6. The molecule has 0 bridgehead atoms. The maximum atomic E-state index is 12.6. The third kappa shape index (κ3) is 4.61. The van der Waals surface area contributed by atoms with Crippen LogP contribution in [0.1, 0.15) is 16.1 Å². The average molecular weight is 350 g/mol. The number of aromatic nitrogens is 2. The van der Waals surface area contributed by atoms with E-state index in [1.807, 2.05) is 18.2 Å². The van der Waals surface area contributed by atoms with Gasteiger partial charge < -0.3 is 9.64 Å². The smallest absolute Gasteiger partial charge is 0.255 e. The lowest BCUT2D eigenvalue weighted by atomic mass is 10.2. The van der Waals surface area contributed by atoms with Gasteiger partial charge in [0.25, 0.3) is 5.91 Å². The summed E-state index contributed by atoms with van der Waals surface area (Å²) in [5, 5.41) is 0. The first kappa shape index (κ1) is 15.6. The Morgan fingerprint density at radius 3 is 2.76 bits per heavy atom. The van der Waals surface area contributed by atoms with Gasteiger partial charge in [0.05, 0.1) is 24.4 Å². The highest BCUT2D eigenvalue weighted by Crippen LogP contribution is 2.11. The molecule has 0 atom stereocenters. The molecule has 2 aromatic heterocycles. The summed E-state index contributed by atoms with van der Waals surface area (Å²) in [4.78, 5) is 22.6. The van der Waals surface area contributed by atoms with Crippen molar-refractivity contribution in [3.63, 3.8) is 0 Å². The van der Waals surface area contributed by atoms with E-state index in [1.165, 1.54) is 0 Å². The minimum atomic E-state index is -0.0855. The second-order valence-corrected chi connectivity index (χ2v) is 5.22. The summed E-state index contributed by atoms with van der Waals surface area (Å²) in [7, 11) is 1.62. The van der Waals surface area contributed by atoms with Crippen LogP contribution < -0.4 is 0 Å². The molecule has 0 aliphatic rings. The largest absolute Gasteiger partial charge is 0.383 e. The van der Waals surface area contributed by atoms with Gasteiger partial charge in [0.1, 0.15) is 4.60 Å². The highest BCUT2D eigenvalue weighted by Gasteiger charge is 2.16. The van der Waals surface area contributed by atoms with Gasteiger partial charge in [-0.2, -0.15) is 0 Å². The second-order valence-electron chi connectivity index (χ2n) is 4.41. The molecular weight excluding hydrogens is 334 g/mol. The predicted molar refractivity (Wildman–Crippen MR) is 82.8 cm³/mol. The van der Waals surface area contributed by atoms with E-state index in [4.69, 9.17) is 4.74 Å². The Morgan fingerprint density at radius 2 is 2.14 bits per heavy atom. The molecule has 21 heavy (non-hydrogen) atoms. The van der Waals surface area contributed by atoms with Gasteiger partial charge in [-0.25, -0.2) is 4.98 Å². The first-order valence-electron chi connectivity index (χ1n) is 6.50. The predicted octanol–water partition coefficient (Wildman–Crippen LogP) is 2.53. The fraction of sp³-hybridized carbons (Fsp3) is 0.267. The van der Waals surface area contributed by atoms with E-state index < -0.39 is 0 Å². The van der Waals surface area contributed by atoms with E-state index in [0.29, 0.717) is 29.9 Å². The van der Waals surface area contributed by atoms with Crippen LogP contribution in [0.15, 0.2) is 47.3 Å². The molecule has 0 aromatic carbocycles. The van der Waals surface area contributed by atoms with Crippen LogP contribution in [-0.4, -0.2) is 41.0 Å². The number of pyridine rings is 2. The van der Waals surface area contributed by atoms with Gasteiger partial charge in [-0.15, -0.1) is 0 Å². The molecule has 2 heterocycles. The van der Waals surface area contributed by atoms with Gasteiger partial charge in [0.2, 0.25) is 0 Å². The Kier molecular flexibility index (Phi) is 5.83. The van der Waals surface area contributed by atoms with E-state index in [0.717, 1.165) is 5.69 Å². The molecule has 0 N–H and O–H groups in total. The summed E-state index contributed by atoms with van der Waals surface area (Å²) in [6.07, 6.45) is 3.28. The maximum Gasteiger partial charge on any atom is 0.255 e. The highest BCUT2D eigenvalue weighted by atomic mass is 79.9. The molecule has 0 aliphatic heterocycles. The Hall–Kier alpha value is -1.79. The van der Waals surface area contributed by atoms with Crippen LogP contribution in [0, 0.1) is 0 Å². The zero-order valence-electron chi connectivity index (χ0n) is 11.7. The van der Waals surface area contributed by atoms with Gasteiger partial charge in [-0.1, -0.05) is 6.07 Å². The fourth-order valence-corrected chi connectivity index (χ4v) is 2.06. The normalized spacial score (nSPS) is 10.4. The SMILES string of the molecule is COCCN(Cc1ccccn1)C(=O)c1ccc(Br)nc1. The Bertz CT molecular complexity index is 575. The molecular formula is C15H16BrN3O2. The van der Waals surface area contributed by atoms with Crippen molar-refractivity contribution in [3.05, 3.63) is 58.6 Å². The number of amides is 1. The Morgan fingerprint density at radius 1 is 1.29 bits per heavy atom. The number of ether oxygens (including phenoxy) is 1. The van der Waals surface area contributed by atoms with E-state index in [1.54, 1.807) is 36.5 Å². The zero-order chi connectivity index (χ0) is 15.1. The minimum Gasteiger partial charge on any atom is -0.383 e. The first-order chi connectivity index (χ1) is 10.2. The topological polar surface area (TPSA) is 55.3 Å². The summed E-state index contributed by atoms with van der Waals surface area (Å²) >= 11 is 3.26. The molecule has 0 saturated carbocycles. The molecule has 110 valence electrons. The van der Waals surface area contributed by atoms with Crippen molar-refractivity contribution in [2.24, 2.45) is 0 Å². The summed E-state index contributed by atoms with van der Waals surface area (Å²) in [5.74, 6) is -0.0855. The Labute approximate surface area is 132 Å². The average Bonchev–Trinajstić information content (AvgIpc) is 2.52. The Balaban J connectivity index is 2.14. The minimum absolute atomic E-state index is 0.0855. The van der Waals surface area contributed by atoms with Crippen molar-refractivity contribution >= 4 is 21.8 Å². The van der Waals surface area contributed by atoms with Crippen LogP contribution >= 0.6 is 15.9 Å². The van der Waals surface area contributed by atoms with E-state index in [-0.39, 0.29) is 5.91 Å². The molecule has 0 spiro atoms. The van der Waals surface area contributed by atoms with Crippen LogP contribution in [0.4, 0.5) is 0 Å². The molecule has 5 nitrogen and oxygen atoms in total. The number of carbonyl (C=O) groups is 1. The van der Waals surface area contributed by atoms with E-state index >= 15 is 0 Å². The summed E-state index contributed by atoms with van der Waals surface area (Å²) in [6.45, 7) is 1.42. The lowest BCUT2D eigenvalue weighted by molar-refractivity contribution is 0.0677. The van der Waals surface area contributed by atoms with Crippen LogP contribution in [0.5, 0.6) is 0 Å². The molecule has 0 radical (unpaired) electrons. The van der Waals surface area contributed by atoms with Gasteiger partial charge in [0, 0.05) is 26.0 Å². The van der Waals surface area contributed by atoms with Crippen molar-refractivity contribution in [3.8, 4) is 0 Å². The lowest BCUT2D eigenvalue weighted by Gasteiger charge is -2.22. The molecule has 0 saturated heterocycles. The van der Waals surface area contributed by atoms with Gasteiger partial charge >= 0.3 is 0 Å². The van der Waals surface area contributed by atoms with Crippen molar-refractivity contribution < 1.29 is 9.53 Å². The summed E-state index contributed by atoms with van der Waals surface area (Å²) in [6, 6.07) is 9.15. The molecule has 2 aromatic rings. The van der Waals surface area contributed by atoms with Crippen molar-refractivity contribution in [2.75, 3.05) is 20.3 Å². The number of halogens is 1. The number of carbonyl (C=O) groups excluding carboxylic acids is 1. The van der Waals surface area contributed by atoms with Crippen LogP contribution in [0.25, 0.3) is 0 Å². The molecule has 2 rings (SSSR count). The summed E-state index contributed by atoms with van der Waals surface area (Å²) < 4.78 is 5.78. The molecule has 0 fully saturated rings. The number of hydrogen-bond acceptors (Lipinski definition) is 4. The first-order valence-corrected chi connectivity index (χ1v) is 7.29. The van der Waals surface area contributed by atoms with Crippen LogP contribution in [-0.2, 0) is 11.3 Å². The summed E-state index contributed by atoms with van der Waals surface area (Å²) in [5.41, 5.74) is 1.39. The van der Waals surface area contributed by atoms with Crippen molar-refractivity contribution in [2.45, 2.75) is 6.54 Å². The monoisotopic (exact) mass is 349 g/mol. The third-order valence-electron chi connectivity index (χ3n) is 2.91. The molecule has 6 heteroatoms. The van der Waals surface area contributed by atoms with Crippen LogP contribution in [0.2, 0.25) is 0 Å². The number of hydrogen-bond donors (Lipinski definition) is 0. The quantitative estimate of drug-likeness (QED) is 0.752. The van der Waals surface area contributed by atoms with Gasteiger partial charge in [-0.05, 0) is 40.2 Å². The fourth-order valence-electron chi connectivity index (χ4n) is 1.83. The molecule has 0 unspecified atom stereocenters. The van der Waals surface area contributed by atoms with Crippen molar-refractivity contribution in [1.82, 2.24) is 14.9 Å². The molecule has 1 amide bonds.